The summed E-state index contributed by atoms with van der Waals surface area (Å²) in [5, 5.41) is 8.94. The van der Waals surface area contributed by atoms with E-state index in [0.29, 0.717) is 6.61 Å². The third-order valence-electron chi connectivity index (χ3n) is 1.68. The van der Waals surface area contributed by atoms with Crippen molar-refractivity contribution in [2.75, 3.05) is 32.2 Å². The van der Waals surface area contributed by atoms with E-state index in [1.807, 2.05) is 0 Å². The molecule has 0 saturated carbocycles. The average Bonchev–Trinajstić information content (AvgIpc) is 2.28. The first kappa shape index (κ1) is 13.3. The summed E-state index contributed by atoms with van der Waals surface area (Å²) in [7, 11) is 0. The number of hydrogen-bond donors (Lipinski definition) is 2. The fraction of sp³-hybridized carbons (Fsp3) is 0.444. The van der Waals surface area contributed by atoms with Crippen LogP contribution in [0.25, 0.3) is 0 Å². The Morgan fingerprint density at radius 3 is 2.75 bits per heavy atom. The molecule has 0 aliphatic carbocycles. The number of pyridine rings is 1. The van der Waals surface area contributed by atoms with Crippen LogP contribution in [-0.4, -0.2) is 36.5 Å². The summed E-state index contributed by atoms with van der Waals surface area (Å²) in [6.07, 6.45) is 1.37. The van der Waals surface area contributed by atoms with Crippen LogP contribution in [0.4, 0.5) is 5.69 Å². The summed E-state index contributed by atoms with van der Waals surface area (Å²) in [4.78, 5) is 3.89. The summed E-state index contributed by atoms with van der Waals surface area (Å²) in [6, 6.07) is 0. The van der Waals surface area contributed by atoms with Crippen LogP contribution in [0.1, 0.15) is 0 Å². The molecule has 7 heteroatoms. The van der Waals surface area contributed by atoms with Crippen LogP contribution in [0, 0.1) is 0 Å². The van der Waals surface area contributed by atoms with Gasteiger partial charge in [0.25, 0.3) is 0 Å². The summed E-state index contributed by atoms with van der Waals surface area (Å²) in [5.41, 5.74) is 5.83. The van der Waals surface area contributed by atoms with Crippen LogP contribution in [-0.2, 0) is 4.74 Å². The number of anilines is 1. The van der Waals surface area contributed by atoms with E-state index >= 15 is 0 Å². The number of aromatic nitrogens is 1. The van der Waals surface area contributed by atoms with Crippen LogP contribution in [0.5, 0.6) is 5.88 Å². The van der Waals surface area contributed by atoms with Crippen molar-refractivity contribution in [1.29, 1.82) is 0 Å². The average molecular weight is 267 g/mol. The molecule has 0 amide bonds. The highest BCUT2D eigenvalue weighted by Crippen LogP contribution is 2.32. The van der Waals surface area contributed by atoms with Gasteiger partial charge < -0.3 is 20.3 Å². The maximum Gasteiger partial charge on any atom is 0.234 e. The zero-order valence-corrected chi connectivity index (χ0v) is 9.96. The molecule has 0 spiro atoms. The smallest absolute Gasteiger partial charge is 0.234 e. The van der Waals surface area contributed by atoms with E-state index in [-0.39, 0.29) is 41.4 Å². The van der Waals surface area contributed by atoms with Gasteiger partial charge in [0.1, 0.15) is 11.6 Å². The van der Waals surface area contributed by atoms with Gasteiger partial charge in [0, 0.05) is 0 Å². The van der Waals surface area contributed by atoms with Crippen molar-refractivity contribution < 1.29 is 14.6 Å². The molecule has 16 heavy (non-hydrogen) atoms. The third kappa shape index (κ3) is 3.68. The van der Waals surface area contributed by atoms with Crippen molar-refractivity contribution in [3.63, 3.8) is 0 Å². The van der Waals surface area contributed by atoms with Crippen LogP contribution in [0.3, 0.4) is 0 Å². The van der Waals surface area contributed by atoms with Gasteiger partial charge in [0.15, 0.2) is 0 Å². The minimum atomic E-state index is -0.0209. The van der Waals surface area contributed by atoms with E-state index in [2.05, 4.69) is 4.98 Å². The highest BCUT2D eigenvalue weighted by molar-refractivity contribution is 6.39. The van der Waals surface area contributed by atoms with Crippen molar-refractivity contribution >= 4 is 28.9 Å². The molecule has 0 unspecified atom stereocenters. The van der Waals surface area contributed by atoms with E-state index in [9.17, 15) is 0 Å². The van der Waals surface area contributed by atoms with Gasteiger partial charge in [-0.15, -0.1) is 0 Å². The van der Waals surface area contributed by atoms with Crippen molar-refractivity contribution in [2.45, 2.75) is 0 Å². The molecule has 90 valence electrons. The normalized spacial score (nSPS) is 10.4. The lowest BCUT2D eigenvalue weighted by atomic mass is 10.4. The highest BCUT2D eigenvalue weighted by Gasteiger charge is 2.10. The lowest BCUT2D eigenvalue weighted by Gasteiger charge is -2.09. The number of hydrogen-bond acceptors (Lipinski definition) is 5. The first-order chi connectivity index (χ1) is 7.66. The van der Waals surface area contributed by atoms with Crippen LogP contribution < -0.4 is 10.5 Å². The lowest BCUT2D eigenvalue weighted by Crippen LogP contribution is -2.10. The Morgan fingerprint density at radius 2 is 2.06 bits per heavy atom. The van der Waals surface area contributed by atoms with Gasteiger partial charge in [-0.2, -0.15) is 0 Å². The molecule has 0 saturated heterocycles. The standard InChI is InChI=1S/C9H12Cl2N2O3/c10-6-5-13-9(7(11)8(6)12)16-4-3-15-2-1-14/h5,14H,1-4H2,(H2,12,13). The molecule has 0 atom stereocenters. The van der Waals surface area contributed by atoms with Gasteiger partial charge in [0.05, 0.1) is 36.7 Å². The van der Waals surface area contributed by atoms with Gasteiger partial charge in [-0.1, -0.05) is 23.2 Å². The molecule has 0 aromatic carbocycles. The second kappa shape index (κ2) is 6.75. The minimum Gasteiger partial charge on any atom is -0.474 e. The van der Waals surface area contributed by atoms with Crippen molar-refractivity contribution in [3.05, 3.63) is 16.2 Å². The Kier molecular flexibility index (Phi) is 5.62. The number of nitrogen functional groups attached to an aromatic ring is 1. The number of halogens is 2. The maximum absolute atomic E-state index is 8.46. The molecule has 0 radical (unpaired) electrons. The molecule has 1 aromatic rings. The second-order valence-electron chi connectivity index (χ2n) is 2.82. The number of ether oxygens (including phenoxy) is 2. The fourth-order valence-corrected chi connectivity index (χ4v) is 1.32. The second-order valence-corrected chi connectivity index (χ2v) is 3.61. The van der Waals surface area contributed by atoms with Crippen LogP contribution in [0.15, 0.2) is 6.20 Å². The molecule has 1 aromatic heterocycles. The number of nitrogens with zero attached hydrogens (tertiary/aromatic N) is 1. The van der Waals surface area contributed by atoms with E-state index in [1.54, 1.807) is 0 Å². The maximum atomic E-state index is 8.46. The highest BCUT2D eigenvalue weighted by atomic mass is 35.5. The van der Waals surface area contributed by atoms with Crippen LogP contribution in [0.2, 0.25) is 10.0 Å². The number of nitrogens with two attached hydrogens (primary N) is 1. The predicted molar refractivity (Wildman–Crippen MR) is 62.1 cm³/mol. The summed E-state index contributed by atoms with van der Waals surface area (Å²) in [6.45, 7) is 0.856. The van der Waals surface area contributed by atoms with Crippen molar-refractivity contribution in [1.82, 2.24) is 4.98 Å². The number of rotatable bonds is 6. The zero-order chi connectivity index (χ0) is 12.0. The monoisotopic (exact) mass is 266 g/mol. The topological polar surface area (TPSA) is 77.6 Å². The number of aliphatic hydroxyl groups excluding tert-OH is 1. The first-order valence-electron chi connectivity index (χ1n) is 4.57. The molecule has 1 heterocycles. The summed E-state index contributed by atoms with van der Waals surface area (Å²) in [5.74, 6) is 0.219. The van der Waals surface area contributed by atoms with E-state index in [1.165, 1.54) is 6.20 Å². The summed E-state index contributed by atoms with van der Waals surface area (Å²) < 4.78 is 10.2. The van der Waals surface area contributed by atoms with Crippen molar-refractivity contribution in [2.24, 2.45) is 0 Å². The quantitative estimate of drug-likeness (QED) is 0.761. The van der Waals surface area contributed by atoms with Gasteiger partial charge in [-0.3, -0.25) is 0 Å². The largest absolute Gasteiger partial charge is 0.474 e. The first-order valence-corrected chi connectivity index (χ1v) is 5.33. The molecule has 0 aliphatic rings. The van der Waals surface area contributed by atoms with Crippen molar-refractivity contribution in [3.8, 4) is 5.88 Å². The Hall–Kier alpha value is -0.750. The SMILES string of the molecule is Nc1c(Cl)cnc(OCCOCCO)c1Cl. The Labute approximate surface area is 103 Å². The van der Waals surface area contributed by atoms with E-state index in [0.717, 1.165) is 0 Å². The van der Waals surface area contributed by atoms with Gasteiger partial charge in [-0.25, -0.2) is 4.98 Å². The summed E-state index contributed by atoms with van der Waals surface area (Å²) >= 11 is 11.6. The zero-order valence-electron chi connectivity index (χ0n) is 8.45. The van der Waals surface area contributed by atoms with Gasteiger partial charge in [0.2, 0.25) is 5.88 Å². The third-order valence-corrected chi connectivity index (χ3v) is 2.35. The Bertz CT molecular complexity index is 350. The Balaban J connectivity index is 2.45. The molecule has 3 N–H and O–H groups in total. The minimum absolute atomic E-state index is 0.0209. The molecular weight excluding hydrogens is 255 g/mol. The van der Waals surface area contributed by atoms with Gasteiger partial charge in [-0.05, 0) is 0 Å². The van der Waals surface area contributed by atoms with Crippen LogP contribution >= 0.6 is 23.2 Å². The predicted octanol–water partition coefficient (Wildman–Crippen LogP) is 1.36. The fourth-order valence-electron chi connectivity index (χ4n) is 0.926. The molecule has 1 rings (SSSR count). The molecule has 0 aliphatic heterocycles. The lowest BCUT2D eigenvalue weighted by molar-refractivity contribution is 0.0695. The molecule has 0 fully saturated rings. The molecule has 5 nitrogen and oxygen atoms in total. The van der Waals surface area contributed by atoms with E-state index in [4.69, 9.17) is 43.5 Å². The Morgan fingerprint density at radius 1 is 1.31 bits per heavy atom. The van der Waals surface area contributed by atoms with E-state index < -0.39 is 0 Å². The number of aliphatic hydroxyl groups is 1. The molecular formula is C9H12Cl2N2O3. The van der Waals surface area contributed by atoms with Gasteiger partial charge >= 0.3 is 0 Å². The molecule has 0 bridgehead atoms.